The van der Waals surface area contributed by atoms with E-state index < -0.39 is 0 Å². The SMILES string of the molecule is CCOc1cc(NC2CCCOC2)ncn1. The zero-order valence-electron chi connectivity index (χ0n) is 9.48. The van der Waals surface area contributed by atoms with Crippen LogP contribution in [0.5, 0.6) is 5.88 Å². The summed E-state index contributed by atoms with van der Waals surface area (Å²) in [6.07, 6.45) is 3.73. The fourth-order valence-electron chi connectivity index (χ4n) is 1.71. The van der Waals surface area contributed by atoms with E-state index in [2.05, 4.69) is 15.3 Å². The third-order valence-electron chi connectivity index (χ3n) is 2.45. The predicted molar refractivity (Wildman–Crippen MR) is 60.7 cm³/mol. The van der Waals surface area contributed by atoms with Crippen LogP contribution in [0.2, 0.25) is 0 Å². The molecule has 1 aliphatic heterocycles. The summed E-state index contributed by atoms with van der Waals surface area (Å²) < 4.78 is 10.7. The lowest BCUT2D eigenvalue weighted by Crippen LogP contribution is -2.30. The summed E-state index contributed by atoms with van der Waals surface area (Å²) >= 11 is 0. The molecule has 5 nitrogen and oxygen atoms in total. The second-order valence-corrected chi connectivity index (χ2v) is 3.73. The van der Waals surface area contributed by atoms with E-state index in [0.29, 0.717) is 18.5 Å². The molecule has 88 valence electrons. The molecule has 1 aliphatic rings. The Balaban J connectivity index is 1.94. The standard InChI is InChI=1S/C11H17N3O2/c1-2-16-11-6-10(12-8-13-11)14-9-4-3-5-15-7-9/h6,8-9H,2-5,7H2,1H3,(H,12,13,14). The zero-order valence-corrected chi connectivity index (χ0v) is 9.48. The van der Waals surface area contributed by atoms with Gasteiger partial charge in [0.15, 0.2) is 0 Å². The van der Waals surface area contributed by atoms with Gasteiger partial charge in [-0.3, -0.25) is 0 Å². The van der Waals surface area contributed by atoms with Gasteiger partial charge in [-0.25, -0.2) is 9.97 Å². The number of hydrogen-bond donors (Lipinski definition) is 1. The molecule has 1 aromatic heterocycles. The maximum absolute atomic E-state index is 5.39. The van der Waals surface area contributed by atoms with Gasteiger partial charge in [0.25, 0.3) is 0 Å². The van der Waals surface area contributed by atoms with Crippen molar-refractivity contribution < 1.29 is 9.47 Å². The summed E-state index contributed by atoms with van der Waals surface area (Å²) in [6.45, 7) is 4.16. The Morgan fingerprint density at radius 2 is 2.50 bits per heavy atom. The van der Waals surface area contributed by atoms with E-state index in [0.717, 1.165) is 31.9 Å². The first-order chi connectivity index (χ1) is 7.88. The van der Waals surface area contributed by atoms with Crippen molar-refractivity contribution in [1.29, 1.82) is 0 Å². The molecule has 0 radical (unpaired) electrons. The first-order valence-corrected chi connectivity index (χ1v) is 5.67. The van der Waals surface area contributed by atoms with Gasteiger partial charge in [-0.05, 0) is 19.8 Å². The van der Waals surface area contributed by atoms with Gasteiger partial charge in [-0.1, -0.05) is 0 Å². The summed E-state index contributed by atoms with van der Waals surface area (Å²) in [6, 6.07) is 2.16. The maximum Gasteiger partial charge on any atom is 0.218 e. The second kappa shape index (κ2) is 5.65. The summed E-state index contributed by atoms with van der Waals surface area (Å²) in [4.78, 5) is 8.18. The van der Waals surface area contributed by atoms with Gasteiger partial charge in [0.2, 0.25) is 5.88 Å². The largest absolute Gasteiger partial charge is 0.478 e. The van der Waals surface area contributed by atoms with Gasteiger partial charge >= 0.3 is 0 Å². The van der Waals surface area contributed by atoms with Crippen LogP contribution in [0.15, 0.2) is 12.4 Å². The van der Waals surface area contributed by atoms with Crippen LogP contribution in [0.1, 0.15) is 19.8 Å². The predicted octanol–water partition coefficient (Wildman–Crippen LogP) is 1.47. The molecular formula is C11H17N3O2. The molecule has 2 rings (SSSR count). The van der Waals surface area contributed by atoms with E-state index in [1.54, 1.807) is 0 Å². The topological polar surface area (TPSA) is 56.3 Å². The molecule has 0 aliphatic carbocycles. The van der Waals surface area contributed by atoms with E-state index in [-0.39, 0.29) is 0 Å². The van der Waals surface area contributed by atoms with Crippen molar-refractivity contribution >= 4 is 5.82 Å². The van der Waals surface area contributed by atoms with Gasteiger partial charge in [-0.15, -0.1) is 0 Å². The number of rotatable bonds is 4. The summed E-state index contributed by atoms with van der Waals surface area (Å²) in [5.41, 5.74) is 0. The van der Waals surface area contributed by atoms with Crippen LogP contribution < -0.4 is 10.1 Å². The van der Waals surface area contributed by atoms with Gasteiger partial charge < -0.3 is 14.8 Å². The van der Waals surface area contributed by atoms with Crippen LogP contribution in [0.25, 0.3) is 0 Å². The smallest absolute Gasteiger partial charge is 0.218 e. The molecule has 1 aromatic rings. The zero-order chi connectivity index (χ0) is 11.2. The molecule has 1 atom stereocenters. The quantitative estimate of drug-likeness (QED) is 0.837. The monoisotopic (exact) mass is 223 g/mol. The Hall–Kier alpha value is -1.36. The van der Waals surface area contributed by atoms with Crippen LogP contribution in [0.4, 0.5) is 5.82 Å². The number of nitrogens with zero attached hydrogens (tertiary/aromatic N) is 2. The molecule has 0 amide bonds. The Morgan fingerprint density at radius 3 is 3.25 bits per heavy atom. The van der Waals surface area contributed by atoms with Gasteiger partial charge in [0.1, 0.15) is 12.1 Å². The third-order valence-corrected chi connectivity index (χ3v) is 2.45. The highest BCUT2D eigenvalue weighted by Crippen LogP contribution is 2.15. The molecule has 1 N–H and O–H groups in total. The number of hydrogen-bond acceptors (Lipinski definition) is 5. The highest BCUT2D eigenvalue weighted by Gasteiger charge is 2.14. The lowest BCUT2D eigenvalue weighted by atomic mass is 10.1. The van der Waals surface area contributed by atoms with Crippen molar-refractivity contribution in [1.82, 2.24) is 9.97 Å². The van der Waals surface area contributed by atoms with Crippen LogP contribution in [-0.4, -0.2) is 35.8 Å². The van der Waals surface area contributed by atoms with E-state index in [1.165, 1.54) is 6.33 Å². The van der Waals surface area contributed by atoms with E-state index in [4.69, 9.17) is 9.47 Å². The fraction of sp³-hybridized carbons (Fsp3) is 0.636. The van der Waals surface area contributed by atoms with Crippen molar-refractivity contribution in [3.05, 3.63) is 12.4 Å². The summed E-state index contributed by atoms with van der Waals surface area (Å²) in [7, 11) is 0. The molecule has 0 aromatic carbocycles. The Bertz CT molecular complexity index is 327. The number of ether oxygens (including phenoxy) is 2. The van der Waals surface area contributed by atoms with Crippen LogP contribution >= 0.6 is 0 Å². The molecule has 0 bridgehead atoms. The lowest BCUT2D eigenvalue weighted by Gasteiger charge is -2.23. The molecule has 2 heterocycles. The minimum atomic E-state index is 0.345. The Morgan fingerprint density at radius 1 is 1.56 bits per heavy atom. The average Bonchev–Trinajstić information content (AvgIpc) is 2.31. The highest BCUT2D eigenvalue weighted by atomic mass is 16.5. The first kappa shape index (κ1) is 11.1. The summed E-state index contributed by atoms with van der Waals surface area (Å²) in [5.74, 6) is 1.41. The molecule has 1 saturated heterocycles. The normalized spacial score (nSPS) is 20.4. The number of nitrogens with one attached hydrogen (secondary N) is 1. The van der Waals surface area contributed by atoms with Crippen LogP contribution in [0.3, 0.4) is 0 Å². The lowest BCUT2D eigenvalue weighted by molar-refractivity contribution is 0.0875. The van der Waals surface area contributed by atoms with Crippen molar-refractivity contribution in [3.63, 3.8) is 0 Å². The minimum Gasteiger partial charge on any atom is -0.478 e. The van der Waals surface area contributed by atoms with Crippen molar-refractivity contribution in [2.75, 3.05) is 25.1 Å². The van der Waals surface area contributed by atoms with Crippen LogP contribution in [0, 0.1) is 0 Å². The second-order valence-electron chi connectivity index (χ2n) is 3.73. The molecule has 1 unspecified atom stereocenters. The Kier molecular flexibility index (Phi) is 3.93. The molecule has 0 spiro atoms. The van der Waals surface area contributed by atoms with Crippen LogP contribution in [-0.2, 0) is 4.74 Å². The number of anilines is 1. The summed E-state index contributed by atoms with van der Waals surface area (Å²) in [5, 5.41) is 3.32. The number of aromatic nitrogens is 2. The maximum atomic E-state index is 5.39. The van der Waals surface area contributed by atoms with E-state index >= 15 is 0 Å². The Labute approximate surface area is 95.2 Å². The first-order valence-electron chi connectivity index (χ1n) is 5.67. The highest BCUT2D eigenvalue weighted by molar-refractivity contribution is 5.38. The fourth-order valence-corrected chi connectivity index (χ4v) is 1.71. The van der Waals surface area contributed by atoms with Crippen molar-refractivity contribution in [3.8, 4) is 5.88 Å². The van der Waals surface area contributed by atoms with E-state index in [9.17, 15) is 0 Å². The van der Waals surface area contributed by atoms with Gasteiger partial charge in [0.05, 0.1) is 19.3 Å². The average molecular weight is 223 g/mol. The van der Waals surface area contributed by atoms with Crippen molar-refractivity contribution in [2.24, 2.45) is 0 Å². The molecular weight excluding hydrogens is 206 g/mol. The molecule has 5 heteroatoms. The van der Waals surface area contributed by atoms with Gasteiger partial charge in [0, 0.05) is 12.7 Å². The van der Waals surface area contributed by atoms with Crippen molar-refractivity contribution in [2.45, 2.75) is 25.8 Å². The molecule has 16 heavy (non-hydrogen) atoms. The van der Waals surface area contributed by atoms with E-state index in [1.807, 2.05) is 13.0 Å². The molecule has 1 fully saturated rings. The minimum absolute atomic E-state index is 0.345. The van der Waals surface area contributed by atoms with Gasteiger partial charge in [-0.2, -0.15) is 0 Å². The molecule has 0 saturated carbocycles. The third kappa shape index (κ3) is 3.06.